The molecule has 0 saturated carbocycles. The van der Waals surface area contributed by atoms with E-state index in [0.717, 1.165) is 0 Å². The standard InChI is InChI=1S/C21H26N2O5/c1-5-20(24)22-15-12-19(28-7-3)16(13-18(15)27-6-2)23-21(25)14-10-8-9-11-17(14)26-4/h8-13H,5-7H2,1-4H3,(H,22,24)(H,23,25). The van der Waals surface area contributed by atoms with Gasteiger partial charge in [0, 0.05) is 18.6 Å². The van der Waals surface area contributed by atoms with Gasteiger partial charge in [-0.15, -0.1) is 0 Å². The van der Waals surface area contributed by atoms with Gasteiger partial charge in [0.15, 0.2) is 0 Å². The Kier molecular flexibility index (Phi) is 7.68. The maximum absolute atomic E-state index is 12.8. The summed E-state index contributed by atoms with van der Waals surface area (Å²) in [6.45, 7) is 6.25. The topological polar surface area (TPSA) is 85.9 Å². The van der Waals surface area contributed by atoms with Crippen molar-refractivity contribution in [2.45, 2.75) is 27.2 Å². The average Bonchev–Trinajstić information content (AvgIpc) is 2.71. The van der Waals surface area contributed by atoms with Crippen molar-refractivity contribution >= 4 is 23.2 Å². The molecule has 0 aromatic heterocycles. The van der Waals surface area contributed by atoms with Gasteiger partial charge >= 0.3 is 0 Å². The summed E-state index contributed by atoms with van der Waals surface area (Å²) in [5, 5.41) is 5.64. The lowest BCUT2D eigenvalue weighted by molar-refractivity contribution is -0.115. The summed E-state index contributed by atoms with van der Waals surface area (Å²) in [5.41, 5.74) is 1.33. The Morgan fingerprint density at radius 3 is 1.96 bits per heavy atom. The van der Waals surface area contributed by atoms with Crippen LogP contribution in [-0.4, -0.2) is 32.1 Å². The van der Waals surface area contributed by atoms with Gasteiger partial charge in [-0.1, -0.05) is 19.1 Å². The van der Waals surface area contributed by atoms with E-state index < -0.39 is 0 Å². The third-order valence-corrected chi connectivity index (χ3v) is 3.88. The first-order valence-electron chi connectivity index (χ1n) is 9.21. The lowest BCUT2D eigenvalue weighted by Crippen LogP contribution is -2.15. The fourth-order valence-electron chi connectivity index (χ4n) is 2.57. The molecule has 0 saturated heterocycles. The molecule has 2 aromatic rings. The van der Waals surface area contributed by atoms with Crippen LogP contribution in [0.15, 0.2) is 36.4 Å². The number of methoxy groups -OCH3 is 1. The first kappa shape index (κ1) is 21.1. The van der Waals surface area contributed by atoms with Crippen molar-refractivity contribution < 1.29 is 23.8 Å². The molecule has 0 unspecified atom stereocenters. The Morgan fingerprint density at radius 1 is 0.857 bits per heavy atom. The number of carbonyl (C=O) groups is 2. The van der Waals surface area contributed by atoms with Crippen LogP contribution in [0.25, 0.3) is 0 Å². The molecule has 2 N–H and O–H groups in total. The van der Waals surface area contributed by atoms with Crippen LogP contribution >= 0.6 is 0 Å². The van der Waals surface area contributed by atoms with Crippen LogP contribution in [0.2, 0.25) is 0 Å². The monoisotopic (exact) mass is 386 g/mol. The number of rotatable bonds is 9. The summed E-state index contributed by atoms with van der Waals surface area (Å²) in [7, 11) is 1.51. The van der Waals surface area contributed by atoms with Crippen LogP contribution < -0.4 is 24.8 Å². The van der Waals surface area contributed by atoms with Crippen molar-refractivity contribution in [2.75, 3.05) is 31.0 Å². The Hall–Kier alpha value is -3.22. The molecule has 0 heterocycles. The van der Waals surface area contributed by atoms with E-state index in [4.69, 9.17) is 14.2 Å². The fraction of sp³-hybridized carbons (Fsp3) is 0.333. The molecule has 0 aliphatic heterocycles. The highest BCUT2D eigenvalue weighted by atomic mass is 16.5. The second kappa shape index (κ2) is 10.2. The van der Waals surface area contributed by atoms with Gasteiger partial charge in [0.25, 0.3) is 5.91 Å². The third-order valence-electron chi connectivity index (χ3n) is 3.88. The predicted molar refractivity (Wildman–Crippen MR) is 109 cm³/mol. The zero-order valence-corrected chi connectivity index (χ0v) is 16.6. The zero-order valence-electron chi connectivity index (χ0n) is 16.6. The normalized spacial score (nSPS) is 10.1. The maximum Gasteiger partial charge on any atom is 0.259 e. The molecule has 0 radical (unpaired) electrons. The average molecular weight is 386 g/mol. The van der Waals surface area contributed by atoms with E-state index in [1.54, 1.807) is 43.3 Å². The summed E-state index contributed by atoms with van der Waals surface area (Å²) in [6, 6.07) is 10.2. The molecule has 0 atom stereocenters. The zero-order chi connectivity index (χ0) is 20.5. The number of para-hydroxylation sites is 1. The lowest BCUT2D eigenvalue weighted by Gasteiger charge is -2.18. The van der Waals surface area contributed by atoms with Gasteiger partial charge in [0.2, 0.25) is 5.91 Å². The summed E-state index contributed by atoms with van der Waals surface area (Å²) < 4.78 is 16.6. The number of hydrogen-bond donors (Lipinski definition) is 2. The van der Waals surface area contributed by atoms with Gasteiger partial charge in [-0.25, -0.2) is 0 Å². The smallest absolute Gasteiger partial charge is 0.259 e. The first-order chi connectivity index (χ1) is 13.5. The van der Waals surface area contributed by atoms with Gasteiger partial charge in [-0.2, -0.15) is 0 Å². The van der Waals surface area contributed by atoms with Crippen LogP contribution in [0.3, 0.4) is 0 Å². The minimum atomic E-state index is -0.341. The fourth-order valence-corrected chi connectivity index (χ4v) is 2.57. The van der Waals surface area contributed by atoms with Gasteiger partial charge < -0.3 is 24.8 Å². The molecule has 2 amide bonds. The molecule has 28 heavy (non-hydrogen) atoms. The molecule has 0 aliphatic rings. The molecule has 0 spiro atoms. The number of ether oxygens (including phenoxy) is 3. The number of benzene rings is 2. The van der Waals surface area contributed by atoms with E-state index in [1.165, 1.54) is 7.11 Å². The second-order valence-electron chi connectivity index (χ2n) is 5.77. The van der Waals surface area contributed by atoms with E-state index >= 15 is 0 Å². The molecule has 150 valence electrons. The predicted octanol–water partition coefficient (Wildman–Crippen LogP) is 4.09. The lowest BCUT2D eigenvalue weighted by atomic mass is 10.1. The Morgan fingerprint density at radius 2 is 1.43 bits per heavy atom. The van der Waals surface area contributed by atoms with Crippen molar-refractivity contribution in [3.05, 3.63) is 42.0 Å². The van der Waals surface area contributed by atoms with E-state index in [9.17, 15) is 9.59 Å². The highest BCUT2D eigenvalue weighted by molar-refractivity contribution is 6.07. The van der Waals surface area contributed by atoms with Crippen LogP contribution in [-0.2, 0) is 4.79 Å². The summed E-state index contributed by atoms with van der Waals surface area (Å²) >= 11 is 0. The molecule has 2 rings (SSSR count). The van der Waals surface area contributed by atoms with E-state index in [2.05, 4.69) is 10.6 Å². The first-order valence-corrected chi connectivity index (χ1v) is 9.21. The third kappa shape index (κ3) is 5.16. The van der Waals surface area contributed by atoms with Crippen molar-refractivity contribution in [3.8, 4) is 17.2 Å². The van der Waals surface area contributed by atoms with Gasteiger partial charge in [-0.3, -0.25) is 9.59 Å². The van der Waals surface area contributed by atoms with Crippen molar-refractivity contribution in [2.24, 2.45) is 0 Å². The van der Waals surface area contributed by atoms with Crippen molar-refractivity contribution in [1.29, 1.82) is 0 Å². The Balaban J connectivity index is 2.42. The van der Waals surface area contributed by atoms with Crippen molar-refractivity contribution in [1.82, 2.24) is 0 Å². The van der Waals surface area contributed by atoms with Crippen LogP contribution in [0.1, 0.15) is 37.6 Å². The largest absolute Gasteiger partial charge is 0.496 e. The van der Waals surface area contributed by atoms with Crippen LogP contribution in [0, 0.1) is 0 Å². The van der Waals surface area contributed by atoms with Crippen molar-refractivity contribution in [3.63, 3.8) is 0 Å². The van der Waals surface area contributed by atoms with Gasteiger partial charge in [0.05, 0.1) is 37.3 Å². The minimum Gasteiger partial charge on any atom is -0.496 e. The maximum atomic E-state index is 12.8. The molecular formula is C21H26N2O5. The molecular weight excluding hydrogens is 360 g/mol. The molecule has 7 heteroatoms. The minimum absolute atomic E-state index is 0.144. The van der Waals surface area contributed by atoms with Crippen LogP contribution in [0.5, 0.6) is 17.2 Å². The second-order valence-corrected chi connectivity index (χ2v) is 5.77. The number of carbonyl (C=O) groups excluding carboxylic acids is 2. The van der Waals surface area contributed by atoms with Crippen LogP contribution in [0.4, 0.5) is 11.4 Å². The Bertz CT molecular complexity index is 836. The molecule has 0 fully saturated rings. The highest BCUT2D eigenvalue weighted by Crippen LogP contribution is 2.37. The van der Waals surface area contributed by atoms with E-state index in [1.807, 2.05) is 13.8 Å². The number of anilines is 2. The van der Waals surface area contributed by atoms with E-state index in [0.29, 0.717) is 53.8 Å². The van der Waals surface area contributed by atoms with Gasteiger partial charge in [-0.05, 0) is 26.0 Å². The van der Waals surface area contributed by atoms with E-state index in [-0.39, 0.29) is 11.8 Å². The summed E-state index contributed by atoms with van der Waals surface area (Å²) in [6.07, 6.45) is 0.335. The summed E-state index contributed by atoms with van der Waals surface area (Å²) in [4.78, 5) is 24.6. The SMILES string of the molecule is CCOc1cc(NC(=O)c2ccccc2OC)c(OCC)cc1NC(=O)CC. The Labute approximate surface area is 165 Å². The van der Waals surface area contributed by atoms with Gasteiger partial charge in [0.1, 0.15) is 17.2 Å². The molecule has 0 bridgehead atoms. The molecule has 7 nitrogen and oxygen atoms in total. The highest BCUT2D eigenvalue weighted by Gasteiger charge is 2.18. The molecule has 2 aromatic carbocycles. The number of nitrogens with one attached hydrogen (secondary N) is 2. The molecule has 0 aliphatic carbocycles. The number of hydrogen-bond acceptors (Lipinski definition) is 5. The summed E-state index contributed by atoms with van der Waals surface area (Å²) in [5.74, 6) is 0.860. The quantitative estimate of drug-likeness (QED) is 0.678. The number of amides is 2.